The Labute approximate surface area is 127 Å². The summed E-state index contributed by atoms with van der Waals surface area (Å²) in [7, 11) is 0. The van der Waals surface area contributed by atoms with E-state index in [-0.39, 0.29) is 12.3 Å². The fraction of sp³-hybridized carbons (Fsp3) is 0.250. The molecule has 1 heterocycles. The molecule has 0 radical (unpaired) electrons. The van der Waals surface area contributed by atoms with Gasteiger partial charge in [-0.3, -0.25) is 24.3 Å². The van der Waals surface area contributed by atoms with Gasteiger partial charge in [-0.1, -0.05) is 12.1 Å². The van der Waals surface area contributed by atoms with Gasteiger partial charge in [0.25, 0.3) is 0 Å². The molecule has 2 rings (SSSR count). The molecule has 1 aromatic carbocycles. The van der Waals surface area contributed by atoms with Crippen molar-refractivity contribution in [1.29, 1.82) is 0 Å². The number of benzene rings is 1. The first-order valence-corrected chi connectivity index (χ1v) is 6.76. The first-order valence-electron chi connectivity index (χ1n) is 6.76. The van der Waals surface area contributed by atoms with Crippen LogP contribution in [0.25, 0.3) is 0 Å². The van der Waals surface area contributed by atoms with E-state index in [4.69, 9.17) is 0 Å². The second kappa shape index (κ2) is 5.93. The molecule has 0 aliphatic carbocycles. The van der Waals surface area contributed by atoms with E-state index < -0.39 is 16.2 Å². The third-order valence-corrected chi connectivity index (χ3v) is 3.70. The summed E-state index contributed by atoms with van der Waals surface area (Å²) in [6, 6.07) is 7.92. The molecule has 1 aromatic heterocycles. The van der Waals surface area contributed by atoms with Crippen LogP contribution in [0.5, 0.6) is 0 Å². The number of aromatic nitrogens is 1. The molecule has 0 amide bonds. The first kappa shape index (κ1) is 15.6. The molecule has 0 aliphatic rings. The number of ketones is 1. The standard InChI is InChI=1S/C16H16N2O4/c1-10-4-6-13(8-11(10)2)15(19)9-17-12(3)5-7-14(16(17)20)18(21)22/h4-8H,9H2,1-3H3. The Hall–Kier alpha value is -2.76. The lowest BCUT2D eigenvalue weighted by Gasteiger charge is -2.09. The molecule has 0 fully saturated rings. The van der Waals surface area contributed by atoms with Crippen molar-refractivity contribution in [2.75, 3.05) is 0 Å². The molecular weight excluding hydrogens is 284 g/mol. The van der Waals surface area contributed by atoms with E-state index in [1.165, 1.54) is 6.07 Å². The van der Waals surface area contributed by atoms with Crippen LogP contribution < -0.4 is 5.56 Å². The zero-order valence-electron chi connectivity index (χ0n) is 12.6. The summed E-state index contributed by atoms with van der Waals surface area (Å²) in [5, 5.41) is 10.8. The number of nitro groups is 1. The fourth-order valence-electron chi connectivity index (χ4n) is 2.14. The summed E-state index contributed by atoms with van der Waals surface area (Å²) >= 11 is 0. The van der Waals surface area contributed by atoms with Crippen LogP contribution in [0.15, 0.2) is 35.1 Å². The van der Waals surface area contributed by atoms with Crippen LogP contribution in [0.4, 0.5) is 5.69 Å². The largest absolute Gasteiger partial charge is 0.334 e. The molecule has 22 heavy (non-hydrogen) atoms. The highest BCUT2D eigenvalue weighted by atomic mass is 16.6. The average molecular weight is 300 g/mol. The van der Waals surface area contributed by atoms with E-state index in [0.717, 1.165) is 21.8 Å². The van der Waals surface area contributed by atoms with Gasteiger partial charge in [-0.2, -0.15) is 0 Å². The van der Waals surface area contributed by atoms with Crippen LogP contribution in [0.1, 0.15) is 27.2 Å². The van der Waals surface area contributed by atoms with E-state index in [2.05, 4.69) is 0 Å². The van der Waals surface area contributed by atoms with Gasteiger partial charge in [0.2, 0.25) is 0 Å². The zero-order chi connectivity index (χ0) is 16.4. The topological polar surface area (TPSA) is 82.2 Å². The molecule has 0 atom stereocenters. The number of nitrogens with zero attached hydrogens (tertiary/aromatic N) is 2. The molecule has 0 saturated carbocycles. The third-order valence-electron chi connectivity index (χ3n) is 3.70. The summed E-state index contributed by atoms with van der Waals surface area (Å²) in [6.45, 7) is 5.27. The van der Waals surface area contributed by atoms with E-state index in [9.17, 15) is 19.7 Å². The fourth-order valence-corrected chi connectivity index (χ4v) is 2.14. The monoisotopic (exact) mass is 300 g/mol. The van der Waals surface area contributed by atoms with Gasteiger partial charge >= 0.3 is 11.2 Å². The number of Topliss-reactive ketones (excluding diaryl/α,β-unsaturated/α-hetero) is 1. The van der Waals surface area contributed by atoms with Gasteiger partial charge in [0, 0.05) is 17.3 Å². The molecule has 114 valence electrons. The van der Waals surface area contributed by atoms with Gasteiger partial charge in [-0.25, -0.2) is 0 Å². The summed E-state index contributed by atoms with van der Waals surface area (Å²) < 4.78 is 1.13. The summed E-state index contributed by atoms with van der Waals surface area (Å²) in [6.07, 6.45) is 0. The summed E-state index contributed by atoms with van der Waals surface area (Å²) in [5.74, 6) is -0.256. The Morgan fingerprint density at radius 3 is 2.41 bits per heavy atom. The zero-order valence-corrected chi connectivity index (χ0v) is 12.6. The quantitative estimate of drug-likeness (QED) is 0.493. The number of carbonyl (C=O) groups excluding carboxylic acids is 1. The lowest BCUT2D eigenvalue weighted by atomic mass is 10.0. The number of hydrogen-bond donors (Lipinski definition) is 0. The molecule has 6 heteroatoms. The molecule has 0 spiro atoms. The van der Waals surface area contributed by atoms with Gasteiger partial charge in [-0.15, -0.1) is 0 Å². The van der Waals surface area contributed by atoms with Crippen molar-refractivity contribution in [2.24, 2.45) is 0 Å². The minimum atomic E-state index is -0.762. The molecule has 0 aliphatic heterocycles. The second-order valence-electron chi connectivity index (χ2n) is 5.23. The van der Waals surface area contributed by atoms with Crippen molar-refractivity contribution in [3.05, 3.63) is 73.2 Å². The van der Waals surface area contributed by atoms with Gasteiger partial charge < -0.3 is 0 Å². The van der Waals surface area contributed by atoms with Crippen LogP contribution in [-0.4, -0.2) is 15.3 Å². The predicted octanol–water partition coefficient (Wildman–Crippen LogP) is 2.56. The summed E-state index contributed by atoms with van der Waals surface area (Å²) in [5.41, 5.74) is 1.75. The molecule has 0 saturated heterocycles. The Kier molecular flexibility index (Phi) is 4.21. The molecule has 2 aromatic rings. The lowest BCUT2D eigenvalue weighted by molar-refractivity contribution is -0.386. The summed E-state index contributed by atoms with van der Waals surface area (Å²) in [4.78, 5) is 34.5. The van der Waals surface area contributed by atoms with E-state index in [1.807, 2.05) is 19.9 Å². The number of pyridine rings is 1. The van der Waals surface area contributed by atoms with Gasteiger partial charge in [0.15, 0.2) is 5.78 Å². The second-order valence-corrected chi connectivity index (χ2v) is 5.23. The highest BCUT2D eigenvalue weighted by Gasteiger charge is 2.18. The van der Waals surface area contributed by atoms with Crippen molar-refractivity contribution in [1.82, 2.24) is 4.57 Å². The van der Waals surface area contributed by atoms with Crippen LogP contribution >= 0.6 is 0 Å². The molecule has 0 unspecified atom stereocenters. The van der Waals surface area contributed by atoms with Crippen molar-refractivity contribution in [3.63, 3.8) is 0 Å². The van der Waals surface area contributed by atoms with Crippen molar-refractivity contribution in [2.45, 2.75) is 27.3 Å². The van der Waals surface area contributed by atoms with Crippen LogP contribution in [0, 0.1) is 30.9 Å². The number of hydrogen-bond acceptors (Lipinski definition) is 4. The lowest BCUT2D eigenvalue weighted by Crippen LogP contribution is -2.27. The highest BCUT2D eigenvalue weighted by molar-refractivity contribution is 5.96. The minimum Gasteiger partial charge on any atom is -0.299 e. The van der Waals surface area contributed by atoms with Gasteiger partial charge in [0.05, 0.1) is 11.5 Å². The van der Waals surface area contributed by atoms with Crippen LogP contribution in [0.2, 0.25) is 0 Å². The number of carbonyl (C=O) groups is 1. The van der Waals surface area contributed by atoms with Crippen LogP contribution in [0.3, 0.4) is 0 Å². The molecular formula is C16H16N2O4. The molecule has 0 N–H and O–H groups in total. The minimum absolute atomic E-state index is 0.213. The highest BCUT2D eigenvalue weighted by Crippen LogP contribution is 2.12. The maximum absolute atomic E-state index is 12.3. The Balaban J connectivity index is 2.40. The first-order chi connectivity index (χ1) is 10.3. The Morgan fingerprint density at radius 1 is 1.14 bits per heavy atom. The Morgan fingerprint density at radius 2 is 1.82 bits per heavy atom. The predicted molar refractivity (Wildman–Crippen MR) is 82.3 cm³/mol. The maximum atomic E-state index is 12.3. The SMILES string of the molecule is Cc1ccc(C(=O)Cn2c(C)ccc([N+](=O)[O-])c2=O)cc1C. The molecule has 0 bridgehead atoms. The third kappa shape index (κ3) is 2.95. The van der Waals surface area contributed by atoms with E-state index in [0.29, 0.717) is 11.3 Å². The van der Waals surface area contributed by atoms with Gasteiger partial charge in [-0.05, 0) is 44.0 Å². The maximum Gasteiger partial charge on any atom is 0.334 e. The number of rotatable bonds is 4. The number of aryl methyl sites for hydroxylation is 3. The van der Waals surface area contributed by atoms with E-state index >= 15 is 0 Å². The van der Waals surface area contributed by atoms with Crippen molar-refractivity contribution >= 4 is 11.5 Å². The van der Waals surface area contributed by atoms with Crippen LogP contribution in [-0.2, 0) is 6.54 Å². The average Bonchev–Trinajstić information content (AvgIpc) is 2.45. The molecule has 6 nitrogen and oxygen atoms in total. The Bertz CT molecular complexity index is 821. The van der Waals surface area contributed by atoms with Gasteiger partial charge in [0.1, 0.15) is 0 Å². The van der Waals surface area contributed by atoms with Crippen molar-refractivity contribution < 1.29 is 9.72 Å². The van der Waals surface area contributed by atoms with E-state index in [1.54, 1.807) is 19.1 Å². The normalized spacial score (nSPS) is 10.5. The smallest absolute Gasteiger partial charge is 0.299 e. The van der Waals surface area contributed by atoms with Crippen molar-refractivity contribution in [3.8, 4) is 0 Å².